The summed E-state index contributed by atoms with van der Waals surface area (Å²) in [5.74, 6) is 0. The zero-order valence-corrected chi connectivity index (χ0v) is 10.1. The Balaban J connectivity index is 2.17. The van der Waals surface area contributed by atoms with E-state index >= 15 is 0 Å². The second-order valence-corrected chi connectivity index (χ2v) is 5.02. The SMILES string of the molecule is CCOC1(C(N)c2ccsc2)CCCC1. The maximum atomic E-state index is 6.35. The number of rotatable bonds is 4. The van der Waals surface area contributed by atoms with Gasteiger partial charge >= 0.3 is 0 Å². The molecule has 0 spiro atoms. The molecule has 2 nitrogen and oxygen atoms in total. The fourth-order valence-electron chi connectivity index (χ4n) is 2.56. The van der Waals surface area contributed by atoms with Crippen molar-refractivity contribution in [3.05, 3.63) is 22.4 Å². The van der Waals surface area contributed by atoms with Gasteiger partial charge in [0.25, 0.3) is 0 Å². The minimum atomic E-state index is -0.0875. The third kappa shape index (κ3) is 2.10. The third-order valence-corrected chi connectivity index (χ3v) is 4.05. The van der Waals surface area contributed by atoms with E-state index in [1.807, 2.05) is 0 Å². The average molecular weight is 225 g/mol. The molecule has 0 bridgehead atoms. The Labute approximate surface area is 95.4 Å². The molecule has 3 heteroatoms. The quantitative estimate of drug-likeness (QED) is 0.854. The molecule has 15 heavy (non-hydrogen) atoms. The van der Waals surface area contributed by atoms with Gasteiger partial charge in [0, 0.05) is 6.61 Å². The van der Waals surface area contributed by atoms with Crippen LogP contribution < -0.4 is 5.73 Å². The van der Waals surface area contributed by atoms with Gasteiger partial charge in [0.15, 0.2) is 0 Å². The van der Waals surface area contributed by atoms with Crippen molar-refractivity contribution in [2.24, 2.45) is 5.73 Å². The van der Waals surface area contributed by atoms with Crippen molar-refractivity contribution >= 4 is 11.3 Å². The molecule has 1 aromatic rings. The predicted molar refractivity (Wildman–Crippen MR) is 64.1 cm³/mol. The van der Waals surface area contributed by atoms with Crippen molar-refractivity contribution in [2.45, 2.75) is 44.2 Å². The fourth-order valence-corrected chi connectivity index (χ4v) is 3.26. The lowest BCUT2D eigenvalue weighted by atomic mass is 9.89. The van der Waals surface area contributed by atoms with Gasteiger partial charge in [-0.15, -0.1) is 0 Å². The van der Waals surface area contributed by atoms with E-state index < -0.39 is 0 Å². The van der Waals surface area contributed by atoms with Gasteiger partial charge in [0.05, 0.1) is 11.6 Å². The first kappa shape index (κ1) is 11.1. The Morgan fingerprint density at radius 3 is 2.80 bits per heavy atom. The van der Waals surface area contributed by atoms with E-state index in [1.54, 1.807) is 11.3 Å². The maximum Gasteiger partial charge on any atom is 0.0874 e. The molecule has 1 unspecified atom stereocenters. The van der Waals surface area contributed by atoms with Gasteiger partial charge in [-0.05, 0) is 42.2 Å². The molecule has 0 saturated heterocycles. The van der Waals surface area contributed by atoms with Crippen LogP contribution in [0, 0.1) is 0 Å². The third-order valence-electron chi connectivity index (χ3n) is 3.35. The molecule has 1 saturated carbocycles. The summed E-state index contributed by atoms with van der Waals surface area (Å²) >= 11 is 1.71. The number of hydrogen-bond acceptors (Lipinski definition) is 3. The number of nitrogens with two attached hydrogens (primary N) is 1. The second kappa shape index (κ2) is 4.64. The molecule has 1 atom stereocenters. The summed E-state index contributed by atoms with van der Waals surface area (Å²) in [6.07, 6.45) is 4.71. The highest BCUT2D eigenvalue weighted by Crippen LogP contribution is 2.42. The van der Waals surface area contributed by atoms with Crippen molar-refractivity contribution in [1.29, 1.82) is 0 Å². The molecule has 0 radical (unpaired) electrons. The lowest BCUT2D eigenvalue weighted by Crippen LogP contribution is -2.41. The van der Waals surface area contributed by atoms with Crippen molar-refractivity contribution in [1.82, 2.24) is 0 Å². The van der Waals surface area contributed by atoms with Gasteiger partial charge in [-0.25, -0.2) is 0 Å². The average Bonchev–Trinajstić information content (AvgIpc) is 2.88. The van der Waals surface area contributed by atoms with Crippen LogP contribution in [0.4, 0.5) is 0 Å². The molecule has 1 aliphatic rings. The van der Waals surface area contributed by atoms with Crippen LogP contribution in [0.2, 0.25) is 0 Å². The van der Waals surface area contributed by atoms with Crippen molar-refractivity contribution in [3.63, 3.8) is 0 Å². The largest absolute Gasteiger partial charge is 0.373 e. The molecule has 84 valence electrons. The molecular weight excluding hydrogens is 206 g/mol. The molecule has 1 heterocycles. The van der Waals surface area contributed by atoms with Gasteiger partial charge < -0.3 is 10.5 Å². The van der Waals surface area contributed by atoms with E-state index in [4.69, 9.17) is 10.5 Å². The monoisotopic (exact) mass is 225 g/mol. The van der Waals surface area contributed by atoms with Gasteiger partial charge in [0.1, 0.15) is 0 Å². The van der Waals surface area contributed by atoms with Crippen molar-refractivity contribution < 1.29 is 4.74 Å². The highest BCUT2D eigenvalue weighted by atomic mass is 32.1. The van der Waals surface area contributed by atoms with E-state index in [-0.39, 0.29) is 11.6 Å². The topological polar surface area (TPSA) is 35.2 Å². The Morgan fingerprint density at radius 1 is 1.53 bits per heavy atom. The molecule has 1 fully saturated rings. The second-order valence-electron chi connectivity index (χ2n) is 4.24. The smallest absolute Gasteiger partial charge is 0.0874 e. The lowest BCUT2D eigenvalue weighted by Gasteiger charge is -2.34. The van der Waals surface area contributed by atoms with Crippen LogP contribution in [-0.2, 0) is 4.74 Å². The van der Waals surface area contributed by atoms with Crippen LogP contribution in [-0.4, -0.2) is 12.2 Å². The van der Waals surface area contributed by atoms with E-state index in [0.29, 0.717) is 0 Å². The highest BCUT2D eigenvalue weighted by molar-refractivity contribution is 7.07. The minimum Gasteiger partial charge on any atom is -0.373 e. The van der Waals surface area contributed by atoms with Crippen LogP contribution in [0.15, 0.2) is 16.8 Å². The Bertz CT molecular complexity index is 291. The zero-order chi connectivity index (χ0) is 10.7. The van der Waals surface area contributed by atoms with Gasteiger partial charge in [0.2, 0.25) is 0 Å². The first-order valence-electron chi connectivity index (χ1n) is 5.70. The summed E-state index contributed by atoms with van der Waals surface area (Å²) < 4.78 is 5.96. The zero-order valence-electron chi connectivity index (χ0n) is 9.24. The van der Waals surface area contributed by atoms with E-state index in [9.17, 15) is 0 Å². The van der Waals surface area contributed by atoms with Gasteiger partial charge in [-0.2, -0.15) is 11.3 Å². The summed E-state index contributed by atoms with van der Waals surface area (Å²) in [6, 6.07) is 2.17. The van der Waals surface area contributed by atoms with E-state index in [2.05, 4.69) is 23.8 Å². The van der Waals surface area contributed by atoms with Gasteiger partial charge in [-0.1, -0.05) is 12.8 Å². The molecule has 0 aliphatic heterocycles. The summed E-state index contributed by atoms with van der Waals surface area (Å²) in [5, 5.41) is 4.23. The molecular formula is C12H19NOS. The highest BCUT2D eigenvalue weighted by Gasteiger charge is 2.41. The number of thiophene rings is 1. The van der Waals surface area contributed by atoms with Crippen molar-refractivity contribution in [3.8, 4) is 0 Å². The van der Waals surface area contributed by atoms with Crippen LogP contribution in [0.1, 0.15) is 44.2 Å². The standard InChI is InChI=1S/C12H19NOS/c1-2-14-12(6-3-4-7-12)11(13)10-5-8-15-9-10/h5,8-9,11H,2-4,6-7,13H2,1H3. The van der Waals surface area contributed by atoms with Crippen molar-refractivity contribution in [2.75, 3.05) is 6.61 Å². The summed E-state index contributed by atoms with van der Waals surface area (Å²) in [4.78, 5) is 0. The fraction of sp³-hybridized carbons (Fsp3) is 0.667. The molecule has 1 aliphatic carbocycles. The first-order valence-corrected chi connectivity index (χ1v) is 6.64. The lowest BCUT2D eigenvalue weighted by molar-refractivity contribution is -0.0535. The Kier molecular flexibility index (Phi) is 3.44. The Hall–Kier alpha value is -0.380. The number of hydrogen-bond donors (Lipinski definition) is 1. The van der Waals surface area contributed by atoms with Crippen LogP contribution in [0.25, 0.3) is 0 Å². The first-order chi connectivity index (χ1) is 7.28. The minimum absolute atomic E-state index is 0.0474. The summed E-state index contributed by atoms with van der Waals surface area (Å²) in [7, 11) is 0. The normalized spacial score (nSPS) is 21.7. The van der Waals surface area contributed by atoms with Gasteiger partial charge in [-0.3, -0.25) is 0 Å². The van der Waals surface area contributed by atoms with E-state index in [0.717, 1.165) is 19.4 Å². The van der Waals surface area contributed by atoms with Crippen LogP contribution >= 0.6 is 11.3 Å². The molecule has 0 aromatic carbocycles. The molecule has 1 aromatic heterocycles. The maximum absolute atomic E-state index is 6.35. The summed E-state index contributed by atoms with van der Waals surface area (Å²) in [5.41, 5.74) is 7.49. The molecule has 2 N–H and O–H groups in total. The number of ether oxygens (including phenoxy) is 1. The van der Waals surface area contributed by atoms with Crippen LogP contribution in [0.5, 0.6) is 0 Å². The predicted octanol–water partition coefficient (Wildman–Crippen LogP) is 3.10. The summed E-state index contributed by atoms with van der Waals surface area (Å²) in [6.45, 7) is 2.82. The molecule has 2 rings (SSSR count). The van der Waals surface area contributed by atoms with E-state index in [1.165, 1.54) is 18.4 Å². The Morgan fingerprint density at radius 2 is 2.27 bits per heavy atom. The van der Waals surface area contributed by atoms with Crippen LogP contribution in [0.3, 0.4) is 0 Å². The molecule has 0 amide bonds.